The smallest absolute Gasteiger partial charge is 0.271 e. The number of aromatic nitrogens is 1. The average Bonchev–Trinajstić information content (AvgIpc) is 2.83. The molecule has 0 aliphatic carbocycles. The highest BCUT2D eigenvalue weighted by Crippen LogP contribution is 2.41. The zero-order valence-corrected chi connectivity index (χ0v) is 14.2. The number of nitrogens with one attached hydrogen (secondary N) is 1. The van der Waals surface area contributed by atoms with Crippen LogP contribution in [0.4, 0.5) is 0 Å². The van der Waals surface area contributed by atoms with Crippen LogP contribution in [0.5, 0.6) is 0 Å². The van der Waals surface area contributed by atoms with Crippen LogP contribution in [0.2, 0.25) is 0 Å². The second-order valence-corrected chi connectivity index (χ2v) is 7.37. The van der Waals surface area contributed by atoms with Gasteiger partial charge >= 0.3 is 0 Å². The van der Waals surface area contributed by atoms with E-state index in [1.807, 2.05) is 0 Å². The second-order valence-electron chi connectivity index (χ2n) is 7.37. The van der Waals surface area contributed by atoms with E-state index < -0.39 is 0 Å². The minimum Gasteiger partial charge on any atom is -0.300 e. The summed E-state index contributed by atoms with van der Waals surface area (Å²) in [7, 11) is 0. The Morgan fingerprint density at radius 2 is 1.96 bits per heavy atom. The molecule has 0 aromatic carbocycles. The van der Waals surface area contributed by atoms with Crippen molar-refractivity contribution in [2.24, 2.45) is 16.4 Å². The Balaban J connectivity index is 1.60. The number of carbonyl (C=O) groups excluding carboxylic acids is 1. The highest BCUT2D eigenvalue weighted by Gasteiger charge is 2.51. The zero-order valence-electron chi connectivity index (χ0n) is 14.2. The summed E-state index contributed by atoms with van der Waals surface area (Å²) < 4.78 is 0. The Morgan fingerprint density at radius 3 is 2.58 bits per heavy atom. The third-order valence-corrected chi connectivity index (χ3v) is 5.62. The standard InChI is InChI=1S/C18H25N5O/c1-2-5-18-12-22-8-9-23(13-18)11-15(10-22)16(18)20-21-17(24)14-3-6-19-7-4-14/h3-4,6-7,15H,2,5,8-13H2,1H3,(H,21,24). The normalized spacial score (nSPS) is 35.9. The summed E-state index contributed by atoms with van der Waals surface area (Å²) in [6.45, 7) is 8.89. The quantitative estimate of drug-likeness (QED) is 0.845. The van der Waals surface area contributed by atoms with Crippen LogP contribution < -0.4 is 5.43 Å². The number of hydrogen-bond acceptors (Lipinski definition) is 5. The fourth-order valence-electron chi connectivity index (χ4n) is 4.76. The summed E-state index contributed by atoms with van der Waals surface area (Å²) in [5, 5.41) is 4.67. The number of piperidine rings is 2. The highest BCUT2D eigenvalue weighted by atomic mass is 16.2. The molecule has 1 aromatic rings. The topological polar surface area (TPSA) is 60.8 Å². The molecule has 2 atom stereocenters. The molecule has 24 heavy (non-hydrogen) atoms. The van der Waals surface area contributed by atoms with Crippen molar-refractivity contribution in [2.45, 2.75) is 19.8 Å². The molecule has 4 bridgehead atoms. The van der Waals surface area contributed by atoms with Gasteiger partial charge in [0.15, 0.2) is 0 Å². The number of fused-ring (bicyclic) bond motifs is 1. The van der Waals surface area contributed by atoms with Crippen molar-refractivity contribution in [3.8, 4) is 0 Å². The van der Waals surface area contributed by atoms with Crippen LogP contribution in [0.15, 0.2) is 29.6 Å². The van der Waals surface area contributed by atoms with Gasteiger partial charge in [-0.05, 0) is 18.6 Å². The summed E-state index contributed by atoms with van der Waals surface area (Å²) in [6, 6.07) is 3.44. The van der Waals surface area contributed by atoms with Gasteiger partial charge in [0.1, 0.15) is 0 Å². The van der Waals surface area contributed by atoms with Gasteiger partial charge in [0.25, 0.3) is 5.91 Å². The molecule has 0 radical (unpaired) electrons. The van der Waals surface area contributed by atoms with Crippen LogP contribution in [0.3, 0.4) is 0 Å². The lowest BCUT2D eigenvalue weighted by atomic mass is 9.68. The lowest BCUT2D eigenvalue weighted by Crippen LogP contribution is -2.61. The first-order valence-corrected chi connectivity index (χ1v) is 8.93. The Labute approximate surface area is 142 Å². The van der Waals surface area contributed by atoms with Crippen LogP contribution in [0, 0.1) is 11.3 Å². The fourth-order valence-corrected chi connectivity index (χ4v) is 4.76. The van der Waals surface area contributed by atoms with E-state index in [4.69, 9.17) is 0 Å². The summed E-state index contributed by atoms with van der Waals surface area (Å²) >= 11 is 0. The number of nitrogens with zero attached hydrogens (tertiary/aromatic N) is 4. The molecule has 4 saturated heterocycles. The lowest BCUT2D eigenvalue weighted by molar-refractivity contribution is 0.0940. The fraction of sp³-hybridized carbons (Fsp3) is 0.611. The largest absolute Gasteiger partial charge is 0.300 e. The number of hydrazone groups is 1. The van der Waals surface area contributed by atoms with E-state index in [-0.39, 0.29) is 11.3 Å². The molecule has 0 spiro atoms. The number of hydrogen-bond donors (Lipinski definition) is 1. The summed E-state index contributed by atoms with van der Waals surface area (Å²) in [5.41, 5.74) is 4.75. The van der Waals surface area contributed by atoms with Gasteiger partial charge in [-0.3, -0.25) is 9.78 Å². The molecule has 1 aromatic heterocycles. The maximum absolute atomic E-state index is 12.3. The van der Waals surface area contributed by atoms with Crippen molar-refractivity contribution in [3.05, 3.63) is 30.1 Å². The molecule has 6 heteroatoms. The molecule has 1 N–H and O–H groups in total. The molecule has 0 saturated carbocycles. The predicted molar refractivity (Wildman–Crippen MR) is 92.8 cm³/mol. The number of amides is 1. The number of carbonyl (C=O) groups is 1. The third kappa shape index (κ3) is 2.74. The summed E-state index contributed by atoms with van der Waals surface area (Å²) in [5.74, 6) is 0.295. The zero-order chi connectivity index (χ0) is 16.6. The van der Waals surface area contributed by atoms with Crippen LogP contribution in [0.25, 0.3) is 0 Å². The Hall–Kier alpha value is -1.79. The van der Waals surface area contributed by atoms with Crippen molar-refractivity contribution in [2.75, 3.05) is 39.3 Å². The first kappa shape index (κ1) is 15.7. The van der Waals surface area contributed by atoms with Crippen LogP contribution in [-0.2, 0) is 0 Å². The van der Waals surface area contributed by atoms with Crippen molar-refractivity contribution in [3.63, 3.8) is 0 Å². The van der Waals surface area contributed by atoms with Gasteiger partial charge in [0, 0.05) is 68.6 Å². The molecule has 4 aliphatic heterocycles. The van der Waals surface area contributed by atoms with Crippen LogP contribution in [0.1, 0.15) is 30.1 Å². The number of pyridine rings is 1. The van der Waals surface area contributed by atoms with Gasteiger partial charge in [0.2, 0.25) is 0 Å². The van der Waals surface area contributed by atoms with Gasteiger partial charge in [-0.15, -0.1) is 0 Å². The van der Waals surface area contributed by atoms with E-state index in [2.05, 4.69) is 32.2 Å². The first-order chi connectivity index (χ1) is 11.7. The highest BCUT2D eigenvalue weighted by molar-refractivity contribution is 5.98. The lowest BCUT2D eigenvalue weighted by Gasteiger charge is -2.50. The molecule has 5 heterocycles. The molecular weight excluding hydrogens is 302 g/mol. The van der Waals surface area contributed by atoms with E-state index in [0.717, 1.165) is 39.0 Å². The Kier molecular flexibility index (Phi) is 4.10. The van der Waals surface area contributed by atoms with Gasteiger partial charge in [-0.25, -0.2) is 5.43 Å². The maximum Gasteiger partial charge on any atom is 0.271 e. The van der Waals surface area contributed by atoms with E-state index in [1.54, 1.807) is 24.5 Å². The first-order valence-electron chi connectivity index (χ1n) is 8.93. The minimum absolute atomic E-state index is 0.109. The van der Waals surface area contributed by atoms with Gasteiger partial charge in [-0.1, -0.05) is 13.3 Å². The van der Waals surface area contributed by atoms with Crippen molar-refractivity contribution >= 4 is 11.6 Å². The molecule has 1 amide bonds. The van der Waals surface area contributed by atoms with Gasteiger partial charge < -0.3 is 9.80 Å². The molecule has 128 valence electrons. The molecule has 2 unspecified atom stereocenters. The molecule has 6 nitrogen and oxygen atoms in total. The average molecular weight is 327 g/mol. The van der Waals surface area contributed by atoms with E-state index in [1.165, 1.54) is 18.8 Å². The predicted octanol–water partition coefficient (Wildman–Crippen LogP) is 1.21. The van der Waals surface area contributed by atoms with Crippen LogP contribution >= 0.6 is 0 Å². The summed E-state index contributed by atoms with van der Waals surface area (Å²) in [4.78, 5) is 21.5. The van der Waals surface area contributed by atoms with Crippen LogP contribution in [-0.4, -0.2) is 65.7 Å². The Bertz CT molecular complexity index is 628. The molecule has 4 fully saturated rings. The van der Waals surface area contributed by atoms with Gasteiger partial charge in [-0.2, -0.15) is 5.10 Å². The SMILES string of the molecule is CCCC12CN3CCN(CC(C3)C1=NNC(=O)c1ccncc1)C2. The maximum atomic E-state index is 12.3. The summed E-state index contributed by atoms with van der Waals surface area (Å²) in [6.07, 6.45) is 5.55. The van der Waals surface area contributed by atoms with E-state index in [9.17, 15) is 4.79 Å². The number of rotatable bonds is 4. The third-order valence-electron chi connectivity index (χ3n) is 5.62. The molecule has 4 aliphatic rings. The molecular formula is C18H25N5O. The molecule has 5 rings (SSSR count). The minimum atomic E-state index is -0.149. The van der Waals surface area contributed by atoms with E-state index >= 15 is 0 Å². The van der Waals surface area contributed by atoms with Gasteiger partial charge in [0.05, 0.1) is 5.71 Å². The Morgan fingerprint density at radius 1 is 1.29 bits per heavy atom. The van der Waals surface area contributed by atoms with E-state index in [0.29, 0.717) is 11.5 Å². The van der Waals surface area contributed by atoms with Crippen molar-refractivity contribution < 1.29 is 4.79 Å². The van der Waals surface area contributed by atoms with Crippen molar-refractivity contribution in [1.29, 1.82) is 0 Å². The second kappa shape index (κ2) is 6.26. The van der Waals surface area contributed by atoms with Crippen molar-refractivity contribution in [1.82, 2.24) is 20.2 Å². The monoisotopic (exact) mass is 327 g/mol.